The lowest BCUT2D eigenvalue weighted by Gasteiger charge is -2.07. The lowest BCUT2D eigenvalue weighted by Crippen LogP contribution is -2.23. The van der Waals surface area contributed by atoms with Crippen LogP contribution in [0.2, 0.25) is 0 Å². The number of allylic oxidation sites excluding steroid dienone is 1. The predicted molar refractivity (Wildman–Crippen MR) is 57.3 cm³/mol. The van der Waals surface area contributed by atoms with Crippen LogP contribution in [0.4, 0.5) is 0 Å². The van der Waals surface area contributed by atoms with Crippen molar-refractivity contribution in [1.29, 1.82) is 0 Å². The van der Waals surface area contributed by atoms with Crippen LogP contribution in [0.15, 0.2) is 16.1 Å². The average molecular weight is 184 g/mol. The second-order valence-corrected chi connectivity index (χ2v) is 3.02. The Kier molecular flexibility index (Phi) is 5.97. The largest absolute Gasteiger partial charge is 0.370 e. The molecule has 0 spiro atoms. The summed E-state index contributed by atoms with van der Waals surface area (Å²) in [6.07, 6.45) is 1.89. The Morgan fingerprint density at radius 1 is 1.31 bits per heavy atom. The molecule has 0 rings (SSSR count). The van der Waals surface area contributed by atoms with Gasteiger partial charge in [-0.05, 0) is 31.9 Å². The number of rotatable bonds is 5. The maximum Gasteiger partial charge on any atom is 0.186 e. The first-order chi connectivity index (χ1) is 6.11. The normalized spacial score (nSPS) is 12.2. The van der Waals surface area contributed by atoms with Crippen LogP contribution in [0.25, 0.3) is 0 Å². The van der Waals surface area contributed by atoms with Crippen LogP contribution >= 0.6 is 0 Å². The highest BCUT2D eigenvalue weighted by Crippen LogP contribution is 2.11. The lowest BCUT2D eigenvalue weighted by molar-refractivity contribution is 0.872. The Labute approximate surface area is 79.9 Å². The molecule has 0 bridgehead atoms. The molecule has 0 aromatic heterocycles. The van der Waals surface area contributed by atoms with Crippen molar-refractivity contribution in [3.05, 3.63) is 11.1 Å². The number of aliphatic imine (C=N–C) groups is 1. The SMILES string of the molecule is CCC(C)=C(CCN)CN=C(N)N. The summed E-state index contributed by atoms with van der Waals surface area (Å²) in [5.74, 6) is 0.137. The summed E-state index contributed by atoms with van der Waals surface area (Å²) in [7, 11) is 0. The molecule has 0 atom stereocenters. The van der Waals surface area contributed by atoms with Gasteiger partial charge in [0.2, 0.25) is 0 Å². The maximum atomic E-state index is 5.48. The van der Waals surface area contributed by atoms with E-state index in [4.69, 9.17) is 17.2 Å². The highest BCUT2D eigenvalue weighted by atomic mass is 15.0. The Hall–Kier alpha value is -1.03. The number of hydrogen-bond acceptors (Lipinski definition) is 2. The van der Waals surface area contributed by atoms with E-state index >= 15 is 0 Å². The van der Waals surface area contributed by atoms with Crippen molar-refractivity contribution < 1.29 is 0 Å². The predicted octanol–water partition coefficient (Wildman–Crippen LogP) is 0.335. The van der Waals surface area contributed by atoms with Crippen LogP contribution in [-0.2, 0) is 0 Å². The monoisotopic (exact) mass is 184 g/mol. The Morgan fingerprint density at radius 2 is 1.92 bits per heavy atom. The third kappa shape index (κ3) is 5.25. The van der Waals surface area contributed by atoms with E-state index < -0.39 is 0 Å². The minimum absolute atomic E-state index is 0.137. The average Bonchev–Trinajstić information content (AvgIpc) is 2.10. The summed E-state index contributed by atoms with van der Waals surface area (Å²) >= 11 is 0. The second kappa shape index (κ2) is 6.48. The highest BCUT2D eigenvalue weighted by Gasteiger charge is 1.99. The molecular formula is C9H20N4. The van der Waals surface area contributed by atoms with E-state index in [-0.39, 0.29) is 5.96 Å². The third-order valence-electron chi connectivity index (χ3n) is 2.03. The zero-order valence-corrected chi connectivity index (χ0v) is 8.51. The summed E-state index contributed by atoms with van der Waals surface area (Å²) < 4.78 is 0. The molecule has 0 unspecified atom stereocenters. The van der Waals surface area contributed by atoms with Gasteiger partial charge in [0, 0.05) is 0 Å². The summed E-state index contributed by atoms with van der Waals surface area (Å²) in [4.78, 5) is 3.97. The van der Waals surface area contributed by atoms with Crippen molar-refractivity contribution in [2.45, 2.75) is 26.7 Å². The van der Waals surface area contributed by atoms with Crippen molar-refractivity contribution >= 4 is 5.96 Å². The molecule has 4 nitrogen and oxygen atoms in total. The zero-order valence-electron chi connectivity index (χ0n) is 8.51. The van der Waals surface area contributed by atoms with Crippen LogP contribution in [-0.4, -0.2) is 19.0 Å². The first-order valence-corrected chi connectivity index (χ1v) is 4.54. The standard InChI is InChI=1S/C9H20N4/c1-3-7(2)8(4-5-10)6-13-9(11)12/h3-6,10H2,1-2H3,(H4,11,12,13). The molecule has 0 aliphatic rings. The fraction of sp³-hybridized carbons (Fsp3) is 0.667. The van der Waals surface area contributed by atoms with Crippen LogP contribution in [0, 0.1) is 0 Å². The molecule has 0 aliphatic heterocycles. The first-order valence-electron chi connectivity index (χ1n) is 4.54. The van der Waals surface area contributed by atoms with Crippen LogP contribution < -0.4 is 17.2 Å². The van der Waals surface area contributed by atoms with Crippen molar-refractivity contribution in [1.82, 2.24) is 0 Å². The Morgan fingerprint density at radius 3 is 2.31 bits per heavy atom. The van der Waals surface area contributed by atoms with Gasteiger partial charge in [0.1, 0.15) is 0 Å². The third-order valence-corrected chi connectivity index (χ3v) is 2.03. The molecule has 0 radical (unpaired) electrons. The number of nitrogens with zero attached hydrogens (tertiary/aromatic N) is 1. The molecule has 0 fully saturated rings. The Balaban J connectivity index is 4.35. The minimum atomic E-state index is 0.137. The molecular weight excluding hydrogens is 164 g/mol. The first kappa shape index (κ1) is 12.0. The van der Waals surface area contributed by atoms with Crippen LogP contribution in [0.5, 0.6) is 0 Å². The van der Waals surface area contributed by atoms with Gasteiger partial charge in [-0.2, -0.15) is 0 Å². The van der Waals surface area contributed by atoms with Gasteiger partial charge in [0.05, 0.1) is 6.54 Å². The van der Waals surface area contributed by atoms with Gasteiger partial charge in [-0.1, -0.05) is 12.5 Å². The van der Waals surface area contributed by atoms with Gasteiger partial charge in [-0.15, -0.1) is 0 Å². The fourth-order valence-corrected chi connectivity index (χ4v) is 1.04. The maximum absolute atomic E-state index is 5.48. The van der Waals surface area contributed by atoms with E-state index in [1.165, 1.54) is 11.1 Å². The zero-order chi connectivity index (χ0) is 10.3. The molecule has 0 saturated carbocycles. The topological polar surface area (TPSA) is 90.4 Å². The van der Waals surface area contributed by atoms with Crippen molar-refractivity contribution in [3.8, 4) is 0 Å². The van der Waals surface area contributed by atoms with E-state index in [0.717, 1.165) is 12.8 Å². The summed E-state index contributed by atoms with van der Waals surface area (Å²) in [6, 6.07) is 0. The molecule has 0 heterocycles. The van der Waals surface area contributed by atoms with E-state index in [0.29, 0.717) is 13.1 Å². The van der Waals surface area contributed by atoms with E-state index in [1.807, 2.05) is 0 Å². The van der Waals surface area contributed by atoms with Gasteiger partial charge in [0.15, 0.2) is 5.96 Å². The van der Waals surface area contributed by atoms with Crippen molar-refractivity contribution in [2.75, 3.05) is 13.1 Å². The molecule has 0 saturated heterocycles. The fourth-order valence-electron chi connectivity index (χ4n) is 1.04. The van der Waals surface area contributed by atoms with E-state index in [9.17, 15) is 0 Å². The molecule has 13 heavy (non-hydrogen) atoms. The minimum Gasteiger partial charge on any atom is -0.370 e. The molecule has 0 aliphatic carbocycles. The van der Waals surface area contributed by atoms with Crippen molar-refractivity contribution in [2.24, 2.45) is 22.2 Å². The summed E-state index contributed by atoms with van der Waals surface area (Å²) in [5, 5.41) is 0. The highest BCUT2D eigenvalue weighted by molar-refractivity contribution is 5.75. The summed E-state index contributed by atoms with van der Waals surface area (Å²) in [6.45, 7) is 5.43. The lowest BCUT2D eigenvalue weighted by atomic mass is 10.0. The van der Waals surface area contributed by atoms with Crippen LogP contribution in [0.1, 0.15) is 26.7 Å². The second-order valence-electron chi connectivity index (χ2n) is 3.02. The molecule has 76 valence electrons. The van der Waals surface area contributed by atoms with Gasteiger partial charge in [-0.3, -0.25) is 0 Å². The summed E-state index contributed by atoms with van der Waals surface area (Å²) in [5.41, 5.74) is 18.6. The van der Waals surface area contributed by atoms with Gasteiger partial charge in [0.25, 0.3) is 0 Å². The molecule has 0 amide bonds. The van der Waals surface area contributed by atoms with Gasteiger partial charge in [-0.25, -0.2) is 4.99 Å². The number of hydrogen-bond donors (Lipinski definition) is 3. The molecule has 4 heteroatoms. The van der Waals surface area contributed by atoms with E-state index in [2.05, 4.69) is 18.8 Å². The van der Waals surface area contributed by atoms with Crippen LogP contribution in [0.3, 0.4) is 0 Å². The number of nitrogens with two attached hydrogens (primary N) is 3. The molecule has 0 aromatic carbocycles. The Bertz CT molecular complexity index is 202. The van der Waals surface area contributed by atoms with Gasteiger partial charge >= 0.3 is 0 Å². The smallest absolute Gasteiger partial charge is 0.186 e. The quantitative estimate of drug-likeness (QED) is 0.327. The van der Waals surface area contributed by atoms with E-state index in [1.54, 1.807) is 0 Å². The van der Waals surface area contributed by atoms with Gasteiger partial charge < -0.3 is 17.2 Å². The number of guanidine groups is 1. The van der Waals surface area contributed by atoms with Crippen molar-refractivity contribution in [3.63, 3.8) is 0 Å². The molecule has 6 N–H and O–H groups in total. The molecule has 0 aromatic rings.